The highest BCUT2D eigenvalue weighted by Gasteiger charge is 2.20. The fraction of sp³-hybridized carbons (Fsp3) is 0.318. The number of aromatic nitrogens is 2. The summed E-state index contributed by atoms with van der Waals surface area (Å²) in [5.74, 6) is 0.493. The SMILES string of the molecule is CC(C)c1nc(Cc2ccc(NC(=O)C[C@@H](NS(C)(=O)=O)c3ccc(F)cc3)cc2)no1. The number of anilines is 1. The van der Waals surface area contributed by atoms with Crippen LogP contribution in [0.1, 0.15) is 55.1 Å². The van der Waals surface area contributed by atoms with E-state index in [4.69, 9.17) is 4.52 Å². The second-order valence-electron chi connectivity index (χ2n) is 7.82. The number of hydrogen-bond donors (Lipinski definition) is 2. The van der Waals surface area contributed by atoms with Crippen molar-refractivity contribution in [2.45, 2.75) is 38.6 Å². The third kappa shape index (κ3) is 6.96. The van der Waals surface area contributed by atoms with E-state index in [0.29, 0.717) is 29.4 Å². The van der Waals surface area contributed by atoms with E-state index in [1.165, 1.54) is 24.3 Å². The zero-order chi connectivity index (χ0) is 23.3. The molecule has 32 heavy (non-hydrogen) atoms. The maximum Gasteiger partial charge on any atom is 0.229 e. The van der Waals surface area contributed by atoms with Gasteiger partial charge in [-0.25, -0.2) is 17.5 Å². The first kappa shape index (κ1) is 23.6. The maximum atomic E-state index is 13.2. The monoisotopic (exact) mass is 460 g/mol. The van der Waals surface area contributed by atoms with Gasteiger partial charge in [0.2, 0.25) is 21.8 Å². The van der Waals surface area contributed by atoms with Gasteiger partial charge in [0.15, 0.2) is 5.82 Å². The largest absolute Gasteiger partial charge is 0.339 e. The van der Waals surface area contributed by atoms with Crippen LogP contribution in [-0.2, 0) is 21.2 Å². The highest BCUT2D eigenvalue weighted by atomic mass is 32.2. The average Bonchev–Trinajstić information content (AvgIpc) is 3.17. The van der Waals surface area contributed by atoms with E-state index >= 15 is 0 Å². The molecule has 0 aliphatic heterocycles. The summed E-state index contributed by atoms with van der Waals surface area (Å²) in [6.07, 6.45) is 1.35. The van der Waals surface area contributed by atoms with Crippen molar-refractivity contribution in [2.75, 3.05) is 11.6 Å². The summed E-state index contributed by atoms with van der Waals surface area (Å²) in [7, 11) is -3.58. The Morgan fingerprint density at radius 3 is 2.31 bits per heavy atom. The van der Waals surface area contributed by atoms with Gasteiger partial charge in [-0.15, -0.1) is 0 Å². The predicted molar refractivity (Wildman–Crippen MR) is 118 cm³/mol. The minimum Gasteiger partial charge on any atom is -0.339 e. The van der Waals surface area contributed by atoms with Gasteiger partial charge in [-0.1, -0.05) is 43.3 Å². The molecule has 2 N–H and O–H groups in total. The third-order valence-corrected chi connectivity index (χ3v) is 5.31. The minimum atomic E-state index is -3.58. The van der Waals surface area contributed by atoms with Crippen molar-refractivity contribution in [3.8, 4) is 0 Å². The Labute approximate surface area is 186 Å². The summed E-state index contributed by atoms with van der Waals surface area (Å²) in [5.41, 5.74) is 2.00. The van der Waals surface area contributed by atoms with Gasteiger partial charge in [0.05, 0.1) is 12.3 Å². The number of sulfonamides is 1. The molecule has 0 fully saturated rings. The molecular weight excluding hydrogens is 435 g/mol. The number of nitrogens with one attached hydrogen (secondary N) is 2. The van der Waals surface area contributed by atoms with Gasteiger partial charge in [0, 0.05) is 24.4 Å². The van der Waals surface area contributed by atoms with E-state index in [0.717, 1.165) is 11.8 Å². The first-order valence-corrected chi connectivity index (χ1v) is 11.9. The molecule has 1 atom stereocenters. The molecule has 0 saturated carbocycles. The van der Waals surface area contributed by atoms with Crippen LogP contribution in [0.25, 0.3) is 0 Å². The van der Waals surface area contributed by atoms with Crippen molar-refractivity contribution in [2.24, 2.45) is 0 Å². The number of nitrogens with zero attached hydrogens (tertiary/aromatic N) is 2. The average molecular weight is 461 g/mol. The Bertz CT molecular complexity index is 1160. The van der Waals surface area contributed by atoms with Crippen molar-refractivity contribution < 1.29 is 22.1 Å². The van der Waals surface area contributed by atoms with E-state index in [9.17, 15) is 17.6 Å². The van der Waals surface area contributed by atoms with E-state index < -0.39 is 21.9 Å². The van der Waals surface area contributed by atoms with Crippen LogP contribution in [0.2, 0.25) is 0 Å². The fourth-order valence-corrected chi connectivity index (χ4v) is 3.78. The number of amides is 1. The summed E-state index contributed by atoms with van der Waals surface area (Å²) in [5, 5.41) is 6.72. The second-order valence-corrected chi connectivity index (χ2v) is 9.60. The van der Waals surface area contributed by atoms with Crippen LogP contribution in [-0.4, -0.2) is 30.7 Å². The molecule has 1 aromatic heterocycles. The van der Waals surface area contributed by atoms with Crippen LogP contribution in [0, 0.1) is 5.82 Å². The molecule has 10 heteroatoms. The molecule has 0 spiro atoms. The lowest BCUT2D eigenvalue weighted by atomic mass is 10.0. The first-order valence-electron chi connectivity index (χ1n) is 10.0. The van der Waals surface area contributed by atoms with E-state index in [2.05, 4.69) is 20.2 Å². The van der Waals surface area contributed by atoms with Crippen LogP contribution < -0.4 is 10.0 Å². The topological polar surface area (TPSA) is 114 Å². The van der Waals surface area contributed by atoms with Crippen LogP contribution in [0.15, 0.2) is 53.1 Å². The number of carbonyl (C=O) groups excluding carboxylic acids is 1. The summed E-state index contributed by atoms with van der Waals surface area (Å²) >= 11 is 0. The molecule has 0 aliphatic rings. The predicted octanol–water partition coefficient (Wildman–Crippen LogP) is 3.54. The molecule has 8 nitrogen and oxygen atoms in total. The van der Waals surface area contributed by atoms with Crippen LogP contribution in [0.5, 0.6) is 0 Å². The normalized spacial score (nSPS) is 12.7. The van der Waals surface area contributed by atoms with E-state index in [1.807, 2.05) is 26.0 Å². The van der Waals surface area contributed by atoms with Gasteiger partial charge < -0.3 is 9.84 Å². The van der Waals surface area contributed by atoms with Crippen molar-refractivity contribution in [3.63, 3.8) is 0 Å². The molecule has 0 bridgehead atoms. The number of carbonyl (C=O) groups is 1. The Balaban J connectivity index is 1.63. The van der Waals surface area contributed by atoms with Crippen molar-refractivity contribution in [3.05, 3.63) is 77.2 Å². The Morgan fingerprint density at radius 1 is 1.09 bits per heavy atom. The summed E-state index contributed by atoms with van der Waals surface area (Å²) in [6, 6.07) is 11.7. The summed E-state index contributed by atoms with van der Waals surface area (Å²) < 4.78 is 44.3. The van der Waals surface area contributed by atoms with E-state index in [1.54, 1.807) is 12.1 Å². The fourth-order valence-electron chi connectivity index (χ4n) is 3.04. The van der Waals surface area contributed by atoms with Crippen LogP contribution in [0.4, 0.5) is 10.1 Å². The summed E-state index contributed by atoms with van der Waals surface area (Å²) in [4.78, 5) is 16.9. The number of rotatable bonds is 9. The molecule has 3 rings (SSSR count). The molecule has 2 aromatic carbocycles. The minimum absolute atomic E-state index is 0.151. The Hall–Kier alpha value is -3.11. The maximum absolute atomic E-state index is 13.2. The molecule has 0 aliphatic carbocycles. The third-order valence-electron chi connectivity index (χ3n) is 4.60. The summed E-state index contributed by atoms with van der Waals surface area (Å²) in [6.45, 7) is 3.95. The smallest absolute Gasteiger partial charge is 0.229 e. The van der Waals surface area contributed by atoms with E-state index in [-0.39, 0.29) is 18.2 Å². The Morgan fingerprint density at radius 2 is 1.75 bits per heavy atom. The van der Waals surface area contributed by atoms with Crippen molar-refractivity contribution in [1.82, 2.24) is 14.9 Å². The molecule has 3 aromatic rings. The highest BCUT2D eigenvalue weighted by Crippen LogP contribution is 2.20. The number of halogens is 1. The van der Waals surface area contributed by atoms with Gasteiger partial charge >= 0.3 is 0 Å². The molecule has 0 saturated heterocycles. The van der Waals surface area contributed by atoms with Gasteiger partial charge in [-0.3, -0.25) is 4.79 Å². The van der Waals surface area contributed by atoms with Gasteiger partial charge in [0.25, 0.3) is 0 Å². The van der Waals surface area contributed by atoms with Gasteiger partial charge in [-0.05, 0) is 35.4 Å². The molecular formula is C22H25FN4O4S. The lowest BCUT2D eigenvalue weighted by Gasteiger charge is -2.18. The van der Waals surface area contributed by atoms with Gasteiger partial charge in [-0.2, -0.15) is 4.98 Å². The lowest BCUT2D eigenvalue weighted by Crippen LogP contribution is -2.30. The second kappa shape index (κ2) is 10.0. The van der Waals surface area contributed by atoms with Gasteiger partial charge in [0.1, 0.15) is 5.82 Å². The zero-order valence-electron chi connectivity index (χ0n) is 18.0. The first-order chi connectivity index (χ1) is 15.1. The molecule has 170 valence electrons. The van der Waals surface area contributed by atoms with Crippen LogP contribution >= 0.6 is 0 Å². The highest BCUT2D eigenvalue weighted by molar-refractivity contribution is 7.88. The molecule has 1 amide bonds. The lowest BCUT2D eigenvalue weighted by molar-refractivity contribution is -0.116. The van der Waals surface area contributed by atoms with Crippen LogP contribution in [0.3, 0.4) is 0 Å². The number of benzene rings is 2. The molecule has 1 heterocycles. The quantitative estimate of drug-likeness (QED) is 0.505. The molecule has 0 radical (unpaired) electrons. The Kier molecular flexibility index (Phi) is 7.37. The van der Waals surface area contributed by atoms with Crippen molar-refractivity contribution in [1.29, 1.82) is 0 Å². The zero-order valence-corrected chi connectivity index (χ0v) is 18.8. The molecule has 0 unspecified atom stereocenters. The van der Waals surface area contributed by atoms with Crippen molar-refractivity contribution >= 4 is 21.6 Å². The standard InChI is InChI=1S/C22H25FN4O4S/c1-14(2)22-25-20(26-31-22)12-15-4-10-18(11-5-15)24-21(28)13-19(27-32(3,29)30)16-6-8-17(23)9-7-16/h4-11,14,19,27H,12-13H2,1-3H3,(H,24,28)/t19-/m1/s1. The number of hydrogen-bond acceptors (Lipinski definition) is 6.